The van der Waals surface area contributed by atoms with Crippen molar-refractivity contribution in [2.45, 2.75) is 25.8 Å². The van der Waals surface area contributed by atoms with Gasteiger partial charge in [-0.1, -0.05) is 0 Å². The van der Waals surface area contributed by atoms with E-state index in [9.17, 15) is 0 Å². The van der Waals surface area contributed by atoms with Gasteiger partial charge in [0.05, 0.1) is 13.2 Å². The van der Waals surface area contributed by atoms with Crippen LogP contribution >= 0.6 is 0 Å². The summed E-state index contributed by atoms with van der Waals surface area (Å²) in [4.78, 5) is 4.02. The summed E-state index contributed by atoms with van der Waals surface area (Å²) in [5, 5.41) is 3.49. The van der Waals surface area contributed by atoms with Gasteiger partial charge in [-0.15, -0.1) is 0 Å². The van der Waals surface area contributed by atoms with Crippen LogP contribution in [0.2, 0.25) is 0 Å². The Morgan fingerprint density at radius 1 is 1.17 bits per heavy atom. The van der Waals surface area contributed by atoms with Crippen molar-refractivity contribution in [3.05, 3.63) is 30.1 Å². The van der Waals surface area contributed by atoms with Gasteiger partial charge in [0.15, 0.2) is 0 Å². The lowest BCUT2D eigenvalue weighted by molar-refractivity contribution is 0.0687. The van der Waals surface area contributed by atoms with Crippen molar-refractivity contribution >= 4 is 0 Å². The summed E-state index contributed by atoms with van der Waals surface area (Å²) >= 11 is 0. The molecule has 1 unspecified atom stereocenters. The lowest BCUT2D eigenvalue weighted by Crippen LogP contribution is -2.20. The predicted octanol–water partition coefficient (Wildman–Crippen LogP) is 2.18. The fourth-order valence-electron chi connectivity index (χ4n) is 1.66. The number of nitrogens with zero attached hydrogens (tertiary/aromatic N) is 1. The maximum atomic E-state index is 5.40. The zero-order valence-electron chi connectivity index (χ0n) is 11.4. The van der Waals surface area contributed by atoms with Crippen molar-refractivity contribution in [2.75, 3.05) is 33.5 Å². The van der Waals surface area contributed by atoms with E-state index in [-0.39, 0.29) is 0 Å². The number of methoxy groups -OCH3 is 1. The third-order valence-corrected chi connectivity index (χ3v) is 2.80. The van der Waals surface area contributed by atoms with E-state index < -0.39 is 0 Å². The summed E-state index contributed by atoms with van der Waals surface area (Å²) < 4.78 is 10.3. The van der Waals surface area contributed by atoms with E-state index >= 15 is 0 Å². The Morgan fingerprint density at radius 2 is 1.94 bits per heavy atom. The Kier molecular flexibility index (Phi) is 8.38. The molecule has 0 aliphatic carbocycles. The molecule has 0 saturated heterocycles. The molecule has 0 amide bonds. The third kappa shape index (κ3) is 6.69. The lowest BCUT2D eigenvalue weighted by atomic mass is 10.1. The second kappa shape index (κ2) is 10.00. The average molecular weight is 252 g/mol. The molecule has 18 heavy (non-hydrogen) atoms. The zero-order valence-corrected chi connectivity index (χ0v) is 11.4. The van der Waals surface area contributed by atoms with Crippen LogP contribution in [0.1, 0.15) is 31.4 Å². The van der Waals surface area contributed by atoms with E-state index in [2.05, 4.69) is 17.2 Å². The molecule has 1 aromatic rings. The van der Waals surface area contributed by atoms with Gasteiger partial charge in [-0.3, -0.25) is 4.98 Å². The van der Waals surface area contributed by atoms with Crippen LogP contribution in [0.4, 0.5) is 0 Å². The Hall–Kier alpha value is -0.970. The van der Waals surface area contributed by atoms with Crippen molar-refractivity contribution in [1.29, 1.82) is 0 Å². The van der Waals surface area contributed by atoms with Gasteiger partial charge in [0.1, 0.15) is 0 Å². The summed E-state index contributed by atoms with van der Waals surface area (Å²) in [7, 11) is 1.69. The SMILES string of the molecule is COCCOCCCCNC(C)c1ccncc1. The number of ether oxygens (including phenoxy) is 2. The summed E-state index contributed by atoms with van der Waals surface area (Å²) in [6, 6.07) is 4.47. The fourth-order valence-corrected chi connectivity index (χ4v) is 1.66. The number of nitrogens with one attached hydrogen (secondary N) is 1. The van der Waals surface area contributed by atoms with Gasteiger partial charge in [-0.05, 0) is 44.0 Å². The molecule has 1 atom stereocenters. The summed E-state index contributed by atoms with van der Waals surface area (Å²) in [5.74, 6) is 0. The molecule has 0 aromatic carbocycles. The van der Waals surface area contributed by atoms with Gasteiger partial charge >= 0.3 is 0 Å². The molecule has 0 aliphatic heterocycles. The summed E-state index contributed by atoms with van der Waals surface area (Å²) in [6.45, 7) is 5.37. The largest absolute Gasteiger partial charge is 0.382 e. The Morgan fingerprint density at radius 3 is 2.67 bits per heavy atom. The smallest absolute Gasteiger partial charge is 0.0700 e. The maximum absolute atomic E-state index is 5.40. The molecule has 0 radical (unpaired) electrons. The predicted molar refractivity (Wildman–Crippen MR) is 72.6 cm³/mol. The number of aromatic nitrogens is 1. The van der Waals surface area contributed by atoms with Crippen molar-refractivity contribution in [3.8, 4) is 0 Å². The van der Waals surface area contributed by atoms with Crippen LogP contribution in [0, 0.1) is 0 Å². The molecule has 1 N–H and O–H groups in total. The molecule has 1 rings (SSSR count). The van der Waals surface area contributed by atoms with Crippen molar-refractivity contribution in [3.63, 3.8) is 0 Å². The second-order valence-electron chi connectivity index (χ2n) is 4.27. The van der Waals surface area contributed by atoms with Crippen molar-refractivity contribution in [1.82, 2.24) is 10.3 Å². The first-order valence-corrected chi connectivity index (χ1v) is 6.54. The van der Waals surface area contributed by atoms with Crippen LogP contribution in [0.25, 0.3) is 0 Å². The second-order valence-corrected chi connectivity index (χ2v) is 4.27. The minimum absolute atomic E-state index is 0.377. The molecule has 0 bridgehead atoms. The molecule has 4 nitrogen and oxygen atoms in total. The number of hydrogen-bond acceptors (Lipinski definition) is 4. The highest BCUT2D eigenvalue weighted by atomic mass is 16.5. The van der Waals surface area contributed by atoms with Crippen molar-refractivity contribution < 1.29 is 9.47 Å². The molecule has 0 saturated carbocycles. The van der Waals surface area contributed by atoms with E-state index in [0.717, 1.165) is 26.0 Å². The molecule has 1 heterocycles. The van der Waals surface area contributed by atoms with E-state index in [1.807, 2.05) is 24.5 Å². The van der Waals surface area contributed by atoms with Crippen LogP contribution in [-0.4, -0.2) is 38.5 Å². The Labute approximate surface area is 110 Å². The first kappa shape index (κ1) is 15.1. The van der Waals surface area contributed by atoms with Crippen LogP contribution in [-0.2, 0) is 9.47 Å². The molecule has 0 fully saturated rings. The van der Waals surface area contributed by atoms with Crippen LogP contribution < -0.4 is 5.32 Å². The van der Waals surface area contributed by atoms with E-state index in [0.29, 0.717) is 19.3 Å². The van der Waals surface area contributed by atoms with Gasteiger partial charge < -0.3 is 14.8 Å². The standard InChI is InChI=1S/C14H24N2O2/c1-13(14-5-8-15-9-6-14)16-7-3-4-10-18-12-11-17-2/h5-6,8-9,13,16H,3-4,7,10-12H2,1-2H3. The molecule has 4 heteroatoms. The highest BCUT2D eigenvalue weighted by molar-refractivity contribution is 5.13. The van der Waals surface area contributed by atoms with Crippen LogP contribution in [0.15, 0.2) is 24.5 Å². The number of pyridine rings is 1. The molecule has 0 aliphatic rings. The summed E-state index contributed by atoms with van der Waals surface area (Å²) in [5.41, 5.74) is 1.28. The maximum Gasteiger partial charge on any atom is 0.0700 e. The first-order chi connectivity index (χ1) is 8.84. The quantitative estimate of drug-likeness (QED) is 0.648. The van der Waals surface area contributed by atoms with E-state index in [1.165, 1.54) is 5.56 Å². The lowest BCUT2D eigenvalue weighted by Gasteiger charge is -2.13. The van der Waals surface area contributed by atoms with Gasteiger partial charge in [0.2, 0.25) is 0 Å². The van der Waals surface area contributed by atoms with Crippen LogP contribution in [0.5, 0.6) is 0 Å². The highest BCUT2D eigenvalue weighted by Gasteiger charge is 2.02. The highest BCUT2D eigenvalue weighted by Crippen LogP contribution is 2.09. The number of rotatable bonds is 10. The minimum atomic E-state index is 0.377. The van der Waals surface area contributed by atoms with Crippen molar-refractivity contribution in [2.24, 2.45) is 0 Å². The van der Waals surface area contributed by atoms with Gasteiger partial charge in [0.25, 0.3) is 0 Å². The third-order valence-electron chi connectivity index (χ3n) is 2.80. The molecule has 1 aromatic heterocycles. The van der Waals surface area contributed by atoms with Gasteiger partial charge in [-0.25, -0.2) is 0 Å². The molecular weight excluding hydrogens is 228 g/mol. The summed E-state index contributed by atoms with van der Waals surface area (Å²) in [6.07, 6.45) is 5.87. The Balaban J connectivity index is 1.98. The zero-order chi connectivity index (χ0) is 13.1. The van der Waals surface area contributed by atoms with E-state index in [1.54, 1.807) is 7.11 Å². The molecule has 102 valence electrons. The number of unbranched alkanes of at least 4 members (excludes halogenated alkanes) is 1. The Bertz CT molecular complexity index is 293. The number of hydrogen-bond donors (Lipinski definition) is 1. The normalized spacial score (nSPS) is 12.6. The van der Waals surface area contributed by atoms with Crippen LogP contribution in [0.3, 0.4) is 0 Å². The van der Waals surface area contributed by atoms with Gasteiger partial charge in [-0.2, -0.15) is 0 Å². The first-order valence-electron chi connectivity index (χ1n) is 6.54. The fraction of sp³-hybridized carbons (Fsp3) is 0.643. The van der Waals surface area contributed by atoms with Gasteiger partial charge in [0, 0.05) is 32.2 Å². The average Bonchev–Trinajstić information content (AvgIpc) is 2.42. The molecular formula is C14H24N2O2. The topological polar surface area (TPSA) is 43.4 Å². The van der Waals surface area contributed by atoms with E-state index in [4.69, 9.17) is 9.47 Å². The monoisotopic (exact) mass is 252 g/mol. The minimum Gasteiger partial charge on any atom is -0.382 e. The molecule has 0 spiro atoms.